The molecule has 0 N–H and O–H groups in total. The van der Waals surface area contributed by atoms with Gasteiger partial charge in [0.1, 0.15) is 17.2 Å². The van der Waals surface area contributed by atoms with Crippen LogP contribution in [0.3, 0.4) is 0 Å². The van der Waals surface area contributed by atoms with Gasteiger partial charge in [-0.3, -0.25) is 14.5 Å². The number of esters is 2. The van der Waals surface area contributed by atoms with E-state index >= 15 is 0 Å². The van der Waals surface area contributed by atoms with Gasteiger partial charge in [0, 0.05) is 17.7 Å². The van der Waals surface area contributed by atoms with Crippen molar-refractivity contribution in [1.82, 2.24) is 4.90 Å². The molecule has 2 atom stereocenters. The third-order valence-electron chi connectivity index (χ3n) is 4.34. The highest BCUT2D eigenvalue weighted by Crippen LogP contribution is 2.35. The largest absolute Gasteiger partial charge is 0.460 e. The summed E-state index contributed by atoms with van der Waals surface area (Å²) in [6.45, 7) is 14.4. The van der Waals surface area contributed by atoms with Crippen LogP contribution in [0, 0.1) is 5.92 Å². The van der Waals surface area contributed by atoms with Crippen LogP contribution in [0.1, 0.15) is 58.3 Å². The summed E-state index contributed by atoms with van der Waals surface area (Å²) in [6.07, 6.45) is 3.06. The number of hydrogen-bond donors (Lipinski definition) is 0. The van der Waals surface area contributed by atoms with Crippen molar-refractivity contribution in [2.24, 2.45) is 5.92 Å². The van der Waals surface area contributed by atoms with E-state index in [0.717, 1.165) is 0 Å². The van der Waals surface area contributed by atoms with E-state index in [2.05, 4.69) is 6.58 Å². The highest BCUT2D eigenvalue weighted by Gasteiger charge is 2.45. The van der Waals surface area contributed by atoms with Gasteiger partial charge in [0.05, 0.1) is 6.42 Å². The molecule has 1 heterocycles. The molecule has 0 saturated heterocycles. The maximum absolute atomic E-state index is 13.2. The smallest absolute Gasteiger partial charge is 0.330 e. The zero-order chi connectivity index (χ0) is 22.7. The van der Waals surface area contributed by atoms with E-state index in [4.69, 9.17) is 9.47 Å². The number of rotatable bonds is 5. The van der Waals surface area contributed by atoms with Gasteiger partial charge in [-0.2, -0.15) is 0 Å². The number of ether oxygens (including phenoxy) is 2. The molecule has 0 fully saturated rings. The van der Waals surface area contributed by atoms with Crippen molar-refractivity contribution >= 4 is 17.8 Å². The zero-order valence-electron chi connectivity index (χ0n) is 18.6. The summed E-state index contributed by atoms with van der Waals surface area (Å²) in [5.74, 6) is -1.99. The molecule has 0 saturated carbocycles. The van der Waals surface area contributed by atoms with E-state index in [0.29, 0.717) is 11.1 Å². The molecule has 30 heavy (non-hydrogen) atoms. The lowest BCUT2D eigenvalue weighted by molar-refractivity contribution is -0.162. The third kappa shape index (κ3) is 6.05. The first kappa shape index (κ1) is 23.4. The van der Waals surface area contributed by atoms with Crippen molar-refractivity contribution in [3.8, 4) is 0 Å². The molecule has 0 bridgehead atoms. The summed E-state index contributed by atoms with van der Waals surface area (Å²) < 4.78 is 11.0. The summed E-state index contributed by atoms with van der Waals surface area (Å²) in [6, 6.07) is 7.68. The van der Waals surface area contributed by atoms with E-state index in [1.165, 1.54) is 4.90 Å². The average Bonchev–Trinajstić information content (AvgIpc) is 2.97. The molecule has 0 spiro atoms. The van der Waals surface area contributed by atoms with Gasteiger partial charge in [-0.05, 0) is 59.2 Å². The number of hydrogen-bond acceptors (Lipinski definition) is 5. The van der Waals surface area contributed by atoms with Gasteiger partial charge in [0.2, 0.25) is 0 Å². The molecule has 6 heteroatoms. The Bertz CT molecular complexity index is 843. The van der Waals surface area contributed by atoms with Crippen LogP contribution in [0.4, 0.5) is 0 Å². The van der Waals surface area contributed by atoms with Crippen molar-refractivity contribution in [2.75, 3.05) is 0 Å². The van der Waals surface area contributed by atoms with E-state index < -0.39 is 35.1 Å². The molecule has 0 radical (unpaired) electrons. The third-order valence-corrected chi connectivity index (χ3v) is 4.34. The number of nitrogens with zero attached hydrogens (tertiary/aromatic N) is 1. The fraction of sp³-hybridized carbons (Fsp3) is 0.458. The summed E-state index contributed by atoms with van der Waals surface area (Å²) in [5.41, 5.74) is -0.356. The first-order valence-electron chi connectivity index (χ1n) is 9.99. The Morgan fingerprint density at radius 1 is 1.00 bits per heavy atom. The molecule has 1 aliphatic rings. The zero-order valence-corrected chi connectivity index (χ0v) is 18.6. The van der Waals surface area contributed by atoms with Crippen LogP contribution < -0.4 is 0 Å². The number of allylic oxidation sites excluding steroid dienone is 1. The van der Waals surface area contributed by atoms with Crippen molar-refractivity contribution in [1.29, 1.82) is 0 Å². The Labute approximate surface area is 178 Å². The van der Waals surface area contributed by atoms with Gasteiger partial charge in [0.15, 0.2) is 0 Å². The second kappa shape index (κ2) is 8.86. The van der Waals surface area contributed by atoms with Gasteiger partial charge in [-0.15, -0.1) is 0 Å². The molecular weight excluding hydrogens is 382 g/mol. The van der Waals surface area contributed by atoms with Gasteiger partial charge in [0.25, 0.3) is 5.91 Å². The van der Waals surface area contributed by atoms with E-state index in [-0.39, 0.29) is 12.3 Å². The summed E-state index contributed by atoms with van der Waals surface area (Å²) >= 11 is 0. The lowest BCUT2D eigenvalue weighted by Gasteiger charge is -2.30. The fourth-order valence-electron chi connectivity index (χ4n) is 3.26. The number of carbonyl (C=O) groups is 3. The lowest BCUT2D eigenvalue weighted by Crippen LogP contribution is -2.46. The lowest BCUT2D eigenvalue weighted by atomic mass is 9.90. The minimum atomic E-state index is -0.988. The Morgan fingerprint density at radius 2 is 1.57 bits per heavy atom. The highest BCUT2D eigenvalue weighted by atomic mass is 16.6. The minimum absolute atomic E-state index is 0.0718. The fourth-order valence-corrected chi connectivity index (χ4v) is 3.26. The average molecular weight is 414 g/mol. The molecule has 2 rings (SSSR count). The summed E-state index contributed by atoms with van der Waals surface area (Å²) in [4.78, 5) is 40.2. The van der Waals surface area contributed by atoms with E-state index in [1.807, 2.05) is 6.07 Å². The number of carbonyl (C=O) groups excluding carboxylic acids is 3. The first-order valence-corrected chi connectivity index (χ1v) is 9.99. The normalized spacial score (nSPS) is 19.1. The highest BCUT2D eigenvalue weighted by molar-refractivity contribution is 5.98. The molecule has 0 aliphatic carbocycles. The van der Waals surface area contributed by atoms with Crippen LogP contribution in [-0.4, -0.2) is 40.0 Å². The number of amides is 1. The van der Waals surface area contributed by atoms with Crippen molar-refractivity contribution in [3.05, 3.63) is 60.3 Å². The summed E-state index contributed by atoms with van der Waals surface area (Å²) in [5, 5.41) is 0. The molecule has 1 amide bonds. The Balaban J connectivity index is 2.41. The SMILES string of the molecule is C=CC1=CN(C(=O)c2ccccc2)[C@H](C(=O)OC(C)(C)C)[C@H]1CC(=O)OC(C)(C)C. The summed E-state index contributed by atoms with van der Waals surface area (Å²) in [7, 11) is 0. The Morgan fingerprint density at radius 3 is 2.07 bits per heavy atom. The van der Waals surface area contributed by atoms with Gasteiger partial charge < -0.3 is 9.47 Å². The van der Waals surface area contributed by atoms with Crippen LogP contribution in [0.25, 0.3) is 0 Å². The van der Waals surface area contributed by atoms with Crippen LogP contribution in [0.15, 0.2) is 54.8 Å². The maximum Gasteiger partial charge on any atom is 0.330 e. The first-order chi connectivity index (χ1) is 13.8. The van der Waals surface area contributed by atoms with Crippen molar-refractivity contribution in [2.45, 2.75) is 65.2 Å². The van der Waals surface area contributed by atoms with E-state index in [9.17, 15) is 14.4 Å². The monoisotopic (exact) mass is 413 g/mol. The second-order valence-electron chi connectivity index (χ2n) is 9.29. The van der Waals surface area contributed by atoms with Crippen LogP contribution >= 0.6 is 0 Å². The standard InChI is InChI=1S/C24H31NO5/c1-8-16-15-25(21(27)17-12-10-9-11-13-17)20(22(28)30-24(5,6)7)18(16)14-19(26)29-23(2,3)4/h8-13,15,18,20H,1,14H2,2-7H3/t18-,20-/m0/s1. The van der Waals surface area contributed by atoms with Gasteiger partial charge in [-0.1, -0.05) is 30.9 Å². The molecule has 0 unspecified atom stereocenters. The molecule has 0 aromatic heterocycles. The number of benzene rings is 1. The second-order valence-corrected chi connectivity index (χ2v) is 9.29. The molecular formula is C24H31NO5. The molecule has 6 nitrogen and oxygen atoms in total. The van der Waals surface area contributed by atoms with Gasteiger partial charge in [-0.25, -0.2) is 4.79 Å². The van der Waals surface area contributed by atoms with Crippen LogP contribution in [-0.2, 0) is 19.1 Å². The van der Waals surface area contributed by atoms with Gasteiger partial charge >= 0.3 is 11.9 Å². The molecule has 1 aliphatic heterocycles. The Hall–Kier alpha value is -2.89. The maximum atomic E-state index is 13.2. The molecule has 1 aromatic rings. The van der Waals surface area contributed by atoms with Crippen LogP contribution in [0.2, 0.25) is 0 Å². The minimum Gasteiger partial charge on any atom is -0.460 e. The molecule has 162 valence electrons. The van der Waals surface area contributed by atoms with E-state index in [1.54, 1.807) is 78.1 Å². The van der Waals surface area contributed by atoms with Crippen molar-refractivity contribution < 1.29 is 23.9 Å². The van der Waals surface area contributed by atoms with Crippen molar-refractivity contribution in [3.63, 3.8) is 0 Å². The predicted octanol–water partition coefficient (Wildman–Crippen LogP) is 4.27. The molecule has 1 aromatic carbocycles. The Kier molecular flexibility index (Phi) is 6.91. The topological polar surface area (TPSA) is 72.9 Å². The quantitative estimate of drug-likeness (QED) is 0.674. The predicted molar refractivity (Wildman–Crippen MR) is 114 cm³/mol. The van der Waals surface area contributed by atoms with Crippen LogP contribution in [0.5, 0.6) is 0 Å².